The first-order chi connectivity index (χ1) is 12.8. The van der Waals surface area contributed by atoms with Crippen molar-refractivity contribution >= 4 is 5.82 Å². The maximum Gasteiger partial charge on any atom is 0.165 e. The molecule has 0 bridgehead atoms. The predicted molar refractivity (Wildman–Crippen MR) is 103 cm³/mol. The van der Waals surface area contributed by atoms with E-state index in [2.05, 4.69) is 59.3 Å². The Hall–Kier alpha value is -1.91. The topological polar surface area (TPSA) is 34.6 Å². The lowest BCUT2D eigenvalue weighted by Crippen LogP contribution is -2.43. The molecule has 2 aliphatic heterocycles. The quantitative estimate of drug-likeness (QED) is 0.779. The van der Waals surface area contributed by atoms with E-state index in [0.717, 1.165) is 18.7 Å². The molecule has 26 heavy (non-hydrogen) atoms. The van der Waals surface area contributed by atoms with Crippen LogP contribution in [0, 0.1) is 0 Å². The largest absolute Gasteiger partial charge is 0.348 e. The molecule has 0 N–H and O–H groups in total. The molecule has 1 aromatic heterocycles. The van der Waals surface area contributed by atoms with Gasteiger partial charge < -0.3 is 14.4 Å². The second-order valence-corrected chi connectivity index (χ2v) is 7.48. The van der Waals surface area contributed by atoms with E-state index in [1.165, 1.54) is 24.8 Å². The van der Waals surface area contributed by atoms with Gasteiger partial charge in [-0.2, -0.15) is 0 Å². The number of aromatic nitrogens is 1. The van der Waals surface area contributed by atoms with Crippen LogP contribution < -0.4 is 4.90 Å². The second-order valence-electron chi connectivity index (χ2n) is 7.48. The summed E-state index contributed by atoms with van der Waals surface area (Å²) in [5.41, 5.74) is 1.38. The summed E-state index contributed by atoms with van der Waals surface area (Å²) in [6, 6.07) is 17.9. The third-order valence-electron chi connectivity index (χ3n) is 5.67. The van der Waals surface area contributed by atoms with Crippen LogP contribution in [0.15, 0.2) is 54.7 Å². The molecule has 138 valence electrons. The van der Waals surface area contributed by atoms with Crippen molar-refractivity contribution in [1.82, 2.24) is 4.98 Å². The van der Waals surface area contributed by atoms with E-state index in [1.807, 2.05) is 12.3 Å². The smallest absolute Gasteiger partial charge is 0.165 e. The lowest BCUT2D eigenvalue weighted by molar-refractivity contribution is -0.148. The summed E-state index contributed by atoms with van der Waals surface area (Å²) in [4.78, 5) is 7.23. The first-order valence-corrected chi connectivity index (χ1v) is 9.77. The molecule has 4 rings (SSSR count). The van der Waals surface area contributed by atoms with E-state index < -0.39 is 5.79 Å². The Morgan fingerprint density at radius 3 is 2.54 bits per heavy atom. The molecule has 0 saturated carbocycles. The lowest BCUT2D eigenvalue weighted by Gasteiger charge is -2.44. The van der Waals surface area contributed by atoms with Crippen molar-refractivity contribution < 1.29 is 9.47 Å². The number of ether oxygens (including phenoxy) is 2. The molecule has 0 amide bonds. The molecule has 0 aliphatic carbocycles. The number of hydrogen-bond acceptors (Lipinski definition) is 4. The monoisotopic (exact) mass is 352 g/mol. The van der Waals surface area contributed by atoms with E-state index in [9.17, 15) is 0 Å². The van der Waals surface area contributed by atoms with Crippen LogP contribution in [0.4, 0.5) is 5.82 Å². The fraction of sp³-hybridized carbons (Fsp3) is 0.500. The van der Waals surface area contributed by atoms with Crippen LogP contribution >= 0.6 is 0 Å². The molecule has 1 aromatic carbocycles. The van der Waals surface area contributed by atoms with Crippen LogP contribution in [0.3, 0.4) is 0 Å². The van der Waals surface area contributed by atoms with E-state index in [0.29, 0.717) is 25.3 Å². The average molecular weight is 352 g/mol. The number of piperidine rings is 1. The van der Waals surface area contributed by atoms with Gasteiger partial charge in [-0.15, -0.1) is 0 Å². The van der Waals surface area contributed by atoms with Gasteiger partial charge in [-0.1, -0.05) is 36.4 Å². The Kier molecular flexibility index (Phi) is 5.23. The van der Waals surface area contributed by atoms with Crippen molar-refractivity contribution in [3.63, 3.8) is 0 Å². The normalized spacial score (nSPS) is 25.3. The van der Waals surface area contributed by atoms with Crippen molar-refractivity contribution in [2.75, 3.05) is 18.1 Å². The Morgan fingerprint density at radius 2 is 1.81 bits per heavy atom. The number of nitrogens with zero attached hydrogens (tertiary/aromatic N) is 2. The van der Waals surface area contributed by atoms with E-state index in [-0.39, 0.29) is 0 Å². The molecular formula is C22H28N2O2. The van der Waals surface area contributed by atoms with Gasteiger partial charge >= 0.3 is 0 Å². The van der Waals surface area contributed by atoms with Crippen molar-refractivity contribution in [1.29, 1.82) is 0 Å². The van der Waals surface area contributed by atoms with Gasteiger partial charge in [-0.3, -0.25) is 0 Å². The first-order valence-electron chi connectivity index (χ1n) is 9.77. The van der Waals surface area contributed by atoms with Crippen LogP contribution in [0.5, 0.6) is 0 Å². The number of hydrogen-bond donors (Lipinski definition) is 0. The second kappa shape index (κ2) is 7.77. The van der Waals surface area contributed by atoms with Gasteiger partial charge in [-0.05, 0) is 50.3 Å². The summed E-state index contributed by atoms with van der Waals surface area (Å²) in [6.45, 7) is 3.48. The van der Waals surface area contributed by atoms with Crippen molar-refractivity contribution in [3.8, 4) is 0 Å². The predicted octanol–water partition coefficient (Wildman–Crippen LogP) is 4.73. The number of pyridine rings is 1. The molecule has 4 nitrogen and oxygen atoms in total. The molecule has 2 unspecified atom stereocenters. The Balaban J connectivity index is 1.59. The average Bonchev–Trinajstić information content (AvgIpc) is 3.14. The van der Waals surface area contributed by atoms with Crippen LogP contribution in [0.25, 0.3) is 0 Å². The van der Waals surface area contributed by atoms with E-state index in [1.54, 1.807) is 0 Å². The maximum atomic E-state index is 5.83. The van der Waals surface area contributed by atoms with Gasteiger partial charge in [0.25, 0.3) is 0 Å². The van der Waals surface area contributed by atoms with Gasteiger partial charge in [0.15, 0.2) is 5.79 Å². The van der Waals surface area contributed by atoms with Crippen LogP contribution in [0.2, 0.25) is 0 Å². The summed E-state index contributed by atoms with van der Waals surface area (Å²) in [6.07, 6.45) is 7.47. The third kappa shape index (κ3) is 3.76. The zero-order valence-electron chi connectivity index (χ0n) is 15.5. The van der Waals surface area contributed by atoms with Crippen molar-refractivity contribution in [3.05, 3.63) is 60.3 Å². The number of anilines is 1. The summed E-state index contributed by atoms with van der Waals surface area (Å²) < 4.78 is 11.7. The molecule has 2 fully saturated rings. The molecule has 2 atom stereocenters. The van der Waals surface area contributed by atoms with Gasteiger partial charge in [-0.25, -0.2) is 4.98 Å². The minimum absolute atomic E-state index is 0.378. The van der Waals surface area contributed by atoms with E-state index in [4.69, 9.17) is 9.47 Å². The van der Waals surface area contributed by atoms with Crippen molar-refractivity contribution in [2.45, 2.75) is 56.9 Å². The standard InChI is InChI=1S/C22H28N2O2/c1-22(25-16-17-26-22)14-13-19-10-7-11-20(18-8-3-2-4-9-18)24(19)21-12-5-6-15-23-21/h2-6,8-9,12,15,19-20H,7,10-11,13-14,16-17H2,1H3. The summed E-state index contributed by atoms with van der Waals surface area (Å²) in [5, 5.41) is 0. The highest BCUT2D eigenvalue weighted by molar-refractivity contribution is 5.44. The minimum Gasteiger partial charge on any atom is -0.348 e. The molecular weight excluding hydrogens is 324 g/mol. The number of benzene rings is 1. The van der Waals surface area contributed by atoms with E-state index >= 15 is 0 Å². The fourth-order valence-electron chi connectivity index (χ4n) is 4.35. The zero-order valence-corrected chi connectivity index (χ0v) is 15.5. The van der Waals surface area contributed by atoms with Gasteiger partial charge in [0.1, 0.15) is 5.82 Å². The SMILES string of the molecule is CC1(CCC2CCCC(c3ccccc3)N2c2ccccn2)OCCO1. The molecule has 2 aromatic rings. The first kappa shape index (κ1) is 17.5. The molecule has 2 saturated heterocycles. The Labute approximate surface area is 156 Å². The summed E-state index contributed by atoms with van der Waals surface area (Å²) in [5.74, 6) is 0.652. The van der Waals surface area contributed by atoms with Crippen LogP contribution in [-0.2, 0) is 9.47 Å². The number of rotatable bonds is 5. The fourth-order valence-corrected chi connectivity index (χ4v) is 4.35. The highest BCUT2D eigenvalue weighted by atomic mass is 16.7. The maximum absolute atomic E-state index is 5.83. The van der Waals surface area contributed by atoms with Crippen LogP contribution in [0.1, 0.15) is 50.6 Å². The Morgan fingerprint density at radius 1 is 1.04 bits per heavy atom. The van der Waals surface area contributed by atoms with Crippen molar-refractivity contribution in [2.24, 2.45) is 0 Å². The molecule has 4 heteroatoms. The van der Waals surface area contributed by atoms with Gasteiger partial charge in [0.2, 0.25) is 0 Å². The summed E-state index contributed by atoms with van der Waals surface area (Å²) in [7, 11) is 0. The highest BCUT2D eigenvalue weighted by Gasteiger charge is 2.36. The van der Waals surface area contributed by atoms with Gasteiger partial charge in [0, 0.05) is 18.7 Å². The lowest BCUT2D eigenvalue weighted by atomic mass is 9.88. The Bertz CT molecular complexity index is 686. The third-order valence-corrected chi connectivity index (χ3v) is 5.67. The highest BCUT2D eigenvalue weighted by Crippen LogP contribution is 2.39. The molecule has 2 aliphatic rings. The summed E-state index contributed by atoms with van der Waals surface area (Å²) >= 11 is 0. The van der Waals surface area contributed by atoms with Crippen LogP contribution in [-0.4, -0.2) is 30.0 Å². The molecule has 0 spiro atoms. The molecule has 3 heterocycles. The molecule has 0 radical (unpaired) electrons. The minimum atomic E-state index is -0.421. The zero-order chi connectivity index (χ0) is 17.8. The van der Waals surface area contributed by atoms with Gasteiger partial charge in [0.05, 0.1) is 19.3 Å².